The Morgan fingerprint density at radius 3 is 2.28 bits per heavy atom. The Morgan fingerprint density at radius 1 is 1.11 bits per heavy atom. The van der Waals surface area contributed by atoms with E-state index in [2.05, 4.69) is 4.72 Å². The highest BCUT2D eigenvalue weighted by Gasteiger charge is 2.11. The number of unbranched alkanes of at least 4 members (excludes halogenated alkanes) is 1. The van der Waals surface area contributed by atoms with Gasteiger partial charge in [-0.25, -0.2) is 13.1 Å². The molecule has 0 saturated carbocycles. The highest BCUT2D eigenvalue weighted by Crippen LogP contribution is 2.20. The lowest BCUT2D eigenvalue weighted by Gasteiger charge is -2.07. The maximum Gasteiger partial charge on any atom is 0.215 e. The van der Waals surface area contributed by atoms with Gasteiger partial charge in [0.05, 0.1) is 5.75 Å². The van der Waals surface area contributed by atoms with Crippen LogP contribution in [0.3, 0.4) is 0 Å². The van der Waals surface area contributed by atoms with Crippen molar-refractivity contribution in [3.63, 3.8) is 0 Å². The van der Waals surface area contributed by atoms with Crippen molar-refractivity contribution in [3.8, 4) is 0 Å². The smallest absolute Gasteiger partial charge is 0.215 e. The first-order valence-electron chi connectivity index (χ1n) is 5.55. The van der Waals surface area contributed by atoms with Crippen LogP contribution in [-0.4, -0.2) is 21.5 Å². The predicted molar refractivity (Wildman–Crippen MR) is 75.4 cm³/mol. The average molecular weight is 311 g/mol. The van der Waals surface area contributed by atoms with Crippen LogP contribution < -0.4 is 10.5 Å². The lowest BCUT2D eigenvalue weighted by Crippen LogP contribution is -2.26. The molecule has 0 aromatic heterocycles. The second-order valence-corrected chi connectivity index (χ2v) is 6.61. The molecule has 0 aliphatic carbocycles. The molecule has 0 unspecified atom stereocenters. The fourth-order valence-corrected chi connectivity index (χ4v) is 3.20. The lowest BCUT2D eigenvalue weighted by molar-refractivity contribution is 0.576. The third kappa shape index (κ3) is 6.02. The molecule has 0 aliphatic rings. The van der Waals surface area contributed by atoms with Crippen molar-refractivity contribution in [2.45, 2.75) is 18.6 Å². The highest BCUT2D eigenvalue weighted by atomic mass is 35.5. The van der Waals surface area contributed by atoms with Crippen LogP contribution in [0.1, 0.15) is 18.4 Å². The normalized spacial score (nSPS) is 11.7. The Hall–Kier alpha value is -0.330. The van der Waals surface area contributed by atoms with Gasteiger partial charge in [-0.3, -0.25) is 0 Å². The van der Waals surface area contributed by atoms with Crippen molar-refractivity contribution in [2.24, 2.45) is 5.73 Å². The number of sulfonamides is 1. The van der Waals surface area contributed by atoms with Crippen LogP contribution in [0.5, 0.6) is 0 Å². The first-order valence-corrected chi connectivity index (χ1v) is 7.96. The second kappa shape index (κ2) is 7.31. The van der Waals surface area contributed by atoms with Gasteiger partial charge in [0.2, 0.25) is 10.0 Å². The van der Waals surface area contributed by atoms with Crippen molar-refractivity contribution < 1.29 is 8.42 Å². The van der Waals surface area contributed by atoms with Gasteiger partial charge < -0.3 is 5.73 Å². The van der Waals surface area contributed by atoms with Gasteiger partial charge in [0, 0.05) is 16.6 Å². The minimum Gasteiger partial charge on any atom is -0.330 e. The monoisotopic (exact) mass is 310 g/mol. The largest absolute Gasteiger partial charge is 0.330 e. The molecule has 3 N–H and O–H groups in total. The standard InChI is InChI=1S/C11H16Cl2N2O2S/c12-10-5-9(6-11(13)7-10)8-18(16,17)15-4-2-1-3-14/h5-7,15H,1-4,8,14H2. The van der Waals surface area contributed by atoms with Crippen LogP contribution in [0, 0.1) is 0 Å². The van der Waals surface area contributed by atoms with Crippen LogP contribution in [0.2, 0.25) is 10.0 Å². The molecule has 0 spiro atoms. The summed E-state index contributed by atoms with van der Waals surface area (Å²) in [7, 11) is -3.36. The van der Waals surface area contributed by atoms with Crippen LogP contribution in [0.15, 0.2) is 18.2 Å². The van der Waals surface area contributed by atoms with E-state index in [1.165, 1.54) is 0 Å². The van der Waals surface area contributed by atoms with E-state index in [-0.39, 0.29) is 5.75 Å². The zero-order valence-electron chi connectivity index (χ0n) is 9.83. The van der Waals surface area contributed by atoms with Crippen LogP contribution in [-0.2, 0) is 15.8 Å². The molecule has 1 aromatic carbocycles. The van der Waals surface area contributed by atoms with Gasteiger partial charge in [0.1, 0.15) is 0 Å². The van der Waals surface area contributed by atoms with Crippen molar-refractivity contribution in [1.82, 2.24) is 4.72 Å². The SMILES string of the molecule is NCCCCNS(=O)(=O)Cc1cc(Cl)cc(Cl)c1. The Morgan fingerprint density at radius 2 is 1.72 bits per heavy atom. The van der Waals surface area contributed by atoms with Crippen LogP contribution in [0.4, 0.5) is 0 Å². The Labute approximate surface area is 118 Å². The lowest BCUT2D eigenvalue weighted by atomic mass is 10.2. The summed E-state index contributed by atoms with van der Waals surface area (Å²) in [6.07, 6.45) is 1.53. The molecule has 1 aromatic rings. The number of hydrogen-bond acceptors (Lipinski definition) is 3. The van der Waals surface area contributed by atoms with E-state index in [0.29, 0.717) is 28.7 Å². The summed E-state index contributed by atoms with van der Waals surface area (Å²) >= 11 is 11.6. The zero-order chi connectivity index (χ0) is 13.6. The van der Waals surface area contributed by atoms with E-state index < -0.39 is 10.0 Å². The maximum absolute atomic E-state index is 11.8. The fourth-order valence-electron chi connectivity index (χ4n) is 1.46. The Balaban J connectivity index is 2.59. The summed E-state index contributed by atoms with van der Waals surface area (Å²) in [5.74, 6) is -0.129. The van der Waals surface area contributed by atoms with Crippen molar-refractivity contribution >= 4 is 33.2 Å². The number of hydrogen-bond donors (Lipinski definition) is 2. The van der Waals surface area contributed by atoms with E-state index in [4.69, 9.17) is 28.9 Å². The van der Waals surface area contributed by atoms with E-state index in [9.17, 15) is 8.42 Å². The molecular formula is C11H16Cl2N2O2S. The number of benzene rings is 1. The molecule has 7 heteroatoms. The zero-order valence-corrected chi connectivity index (χ0v) is 12.2. The van der Waals surface area contributed by atoms with Gasteiger partial charge in [-0.05, 0) is 43.1 Å². The van der Waals surface area contributed by atoms with E-state index in [0.717, 1.165) is 12.8 Å². The van der Waals surface area contributed by atoms with Gasteiger partial charge in [0.15, 0.2) is 0 Å². The summed E-state index contributed by atoms with van der Waals surface area (Å²) in [5.41, 5.74) is 5.90. The Bertz CT molecular complexity index is 472. The minimum atomic E-state index is -3.36. The van der Waals surface area contributed by atoms with Crippen molar-refractivity contribution in [1.29, 1.82) is 0 Å². The van der Waals surface area contributed by atoms with Crippen molar-refractivity contribution in [3.05, 3.63) is 33.8 Å². The summed E-state index contributed by atoms with van der Waals surface area (Å²) in [6.45, 7) is 0.958. The molecule has 0 atom stereocenters. The maximum atomic E-state index is 11.8. The molecular weight excluding hydrogens is 295 g/mol. The number of rotatable bonds is 7. The molecule has 0 amide bonds. The number of nitrogens with one attached hydrogen (secondary N) is 1. The number of halogens is 2. The van der Waals surface area contributed by atoms with Gasteiger partial charge in [-0.1, -0.05) is 23.2 Å². The van der Waals surface area contributed by atoms with E-state index in [1.807, 2.05) is 0 Å². The first-order chi connectivity index (χ1) is 8.43. The van der Waals surface area contributed by atoms with E-state index in [1.54, 1.807) is 18.2 Å². The first kappa shape index (κ1) is 15.7. The summed E-state index contributed by atoms with van der Waals surface area (Å²) in [4.78, 5) is 0. The van der Waals surface area contributed by atoms with Crippen molar-refractivity contribution in [2.75, 3.05) is 13.1 Å². The predicted octanol–water partition coefficient (Wildman–Crippen LogP) is 2.15. The molecule has 1 rings (SSSR count). The minimum absolute atomic E-state index is 0.129. The summed E-state index contributed by atoms with van der Waals surface area (Å²) in [5, 5.41) is 0.853. The number of nitrogens with two attached hydrogens (primary N) is 1. The molecule has 0 radical (unpaired) electrons. The molecule has 0 fully saturated rings. The topological polar surface area (TPSA) is 72.2 Å². The van der Waals surface area contributed by atoms with Crippen LogP contribution in [0.25, 0.3) is 0 Å². The molecule has 0 bridgehead atoms. The molecule has 18 heavy (non-hydrogen) atoms. The summed E-state index contributed by atoms with van der Waals surface area (Å²) in [6, 6.07) is 4.74. The molecule has 0 saturated heterocycles. The van der Waals surface area contributed by atoms with Gasteiger partial charge in [-0.15, -0.1) is 0 Å². The van der Waals surface area contributed by atoms with E-state index >= 15 is 0 Å². The second-order valence-electron chi connectivity index (χ2n) is 3.93. The third-order valence-corrected chi connectivity index (χ3v) is 4.03. The van der Waals surface area contributed by atoms with Gasteiger partial charge in [-0.2, -0.15) is 0 Å². The third-order valence-electron chi connectivity index (χ3n) is 2.23. The molecule has 102 valence electrons. The summed E-state index contributed by atoms with van der Waals surface area (Å²) < 4.78 is 26.0. The molecule has 0 heterocycles. The van der Waals surface area contributed by atoms with Crippen LogP contribution >= 0.6 is 23.2 Å². The van der Waals surface area contributed by atoms with Gasteiger partial charge in [0.25, 0.3) is 0 Å². The van der Waals surface area contributed by atoms with Gasteiger partial charge >= 0.3 is 0 Å². The average Bonchev–Trinajstić information content (AvgIpc) is 2.22. The Kier molecular flexibility index (Phi) is 6.38. The molecule has 4 nitrogen and oxygen atoms in total. The quantitative estimate of drug-likeness (QED) is 0.758. The fraction of sp³-hybridized carbons (Fsp3) is 0.455. The highest BCUT2D eigenvalue weighted by molar-refractivity contribution is 7.88. The molecule has 0 aliphatic heterocycles.